The minimum absolute atomic E-state index is 0.0255. The van der Waals surface area contributed by atoms with Crippen molar-refractivity contribution in [3.8, 4) is 17.0 Å². The highest BCUT2D eigenvalue weighted by molar-refractivity contribution is 5.89. The molecule has 0 aliphatic carbocycles. The number of aromatic amines is 1. The third-order valence-electron chi connectivity index (χ3n) is 4.69. The number of rotatable bonds is 4. The zero-order chi connectivity index (χ0) is 20.0. The summed E-state index contributed by atoms with van der Waals surface area (Å²) in [5.74, 6) is 0.605. The molecule has 148 valence electrons. The van der Waals surface area contributed by atoms with Gasteiger partial charge in [0.2, 0.25) is 0 Å². The molecule has 1 aromatic carbocycles. The van der Waals surface area contributed by atoms with Crippen molar-refractivity contribution < 1.29 is 29.3 Å². The fraction of sp³-hybridized carbons (Fsp3) is 0.353. The summed E-state index contributed by atoms with van der Waals surface area (Å²) in [7, 11) is 1.52. The van der Waals surface area contributed by atoms with Crippen LogP contribution in [0.3, 0.4) is 0 Å². The molecule has 0 radical (unpaired) electrons. The number of aromatic nitrogens is 3. The Labute approximate surface area is 156 Å². The highest BCUT2D eigenvalue weighted by Crippen LogP contribution is 2.32. The summed E-state index contributed by atoms with van der Waals surface area (Å²) in [6.07, 6.45) is -5.43. The summed E-state index contributed by atoms with van der Waals surface area (Å²) in [6, 6.07) is 6.67. The molecular weight excluding hydrogens is 374 g/mol. The Morgan fingerprint density at radius 3 is 2.54 bits per heavy atom. The van der Waals surface area contributed by atoms with Crippen LogP contribution in [0.1, 0.15) is 6.23 Å². The van der Waals surface area contributed by atoms with Gasteiger partial charge in [-0.05, 0) is 24.3 Å². The standard InChI is InChI=1S/C17H17N3O8/c1-26-8-4-2-7(3-5-8)11-10-14(24)18-17(25)20(15(10)28-19-11)16-13(23)12(22)9(6-21)27-16/h2-5,9,12-13,16,21-23H,6H2,1H3,(H,18,24,25)/t9-,12-,13-,16-/m1/s1. The van der Waals surface area contributed by atoms with Crippen LogP contribution in [-0.2, 0) is 4.74 Å². The van der Waals surface area contributed by atoms with E-state index in [2.05, 4.69) is 10.1 Å². The van der Waals surface area contributed by atoms with Gasteiger partial charge in [0.05, 0.1) is 13.7 Å². The summed E-state index contributed by atoms with van der Waals surface area (Å²) in [5.41, 5.74) is -1.15. The first kappa shape index (κ1) is 18.4. The molecule has 3 heterocycles. The number of aliphatic hydroxyl groups excluding tert-OH is 3. The Morgan fingerprint density at radius 1 is 1.21 bits per heavy atom. The number of hydrogen-bond acceptors (Lipinski definition) is 9. The van der Waals surface area contributed by atoms with E-state index in [4.69, 9.17) is 14.0 Å². The molecule has 0 amide bonds. The Kier molecular flexibility index (Phi) is 4.51. The molecule has 4 rings (SSSR count). The summed E-state index contributed by atoms with van der Waals surface area (Å²) in [6.45, 7) is -0.566. The maximum absolute atomic E-state index is 12.4. The van der Waals surface area contributed by atoms with Crippen molar-refractivity contribution >= 4 is 11.1 Å². The summed E-state index contributed by atoms with van der Waals surface area (Å²) < 4.78 is 16.6. The maximum atomic E-state index is 12.4. The molecule has 0 unspecified atom stereocenters. The molecule has 11 heteroatoms. The number of nitrogens with one attached hydrogen (secondary N) is 1. The highest BCUT2D eigenvalue weighted by Gasteiger charge is 2.45. The third kappa shape index (κ3) is 2.72. The van der Waals surface area contributed by atoms with Crippen molar-refractivity contribution in [2.24, 2.45) is 0 Å². The molecule has 0 saturated carbocycles. The minimum atomic E-state index is -1.53. The quantitative estimate of drug-likeness (QED) is 0.436. The van der Waals surface area contributed by atoms with Gasteiger partial charge in [-0.1, -0.05) is 5.16 Å². The Balaban J connectivity index is 1.89. The molecule has 4 N–H and O–H groups in total. The lowest BCUT2D eigenvalue weighted by atomic mass is 10.1. The Hall–Kier alpha value is -2.99. The van der Waals surface area contributed by atoms with Gasteiger partial charge in [-0.15, -0.1) is 0 Å². The first-order chi connectivity index (χ1) is 13.5. The monoisotopic (exact) mass is 391 g/mol. The number of fused-ring (bicyclic) bond motifs is 1. The number of aliphatic hydroxyl groups is 3. The van der Waals surface area contributed by atoms with Crippen LogP contribution < -0.4 is 16.0 Å². The van der Waals surface area contributed by atoms with Crippen molar-refractivity contribution in [3.63, 3.8) is 0 Å². The predicted molar refractivity (Wildman–Crippen MR) is 93.9 cm³/mol. The fourth-order valence-electron chi connectivity index (χ4n) is 3.23. The zero-order valence-electron chi connectivity index (χ0n) is 14.6. The summed E-state index contributed by atoms with van der Waals surface area (Å²) >= 11 is 0. The van der Waals surface area contributed by atoms with E-state index in [1.807, 2.05) is 0 Å². The summed E-state index contributed by atoms with van der Waals surface area (Å²) in [4.78, 5) is 26.9. The smallest absolute Gasteiger partial charge is 0.333 e. The van der Waals surface area contributed by atoms with Gasteiger partial charge < -0.3 is 29.3 Å². The topological polar surface area (TPSA) is 160 Å². The normalized spacial score (nSPS) is 24.7. The molecule has 2 aromatic heterocycles. The number of nitrogens with zero attached hydrogens (tertiary/aromatic N) is 2. The van der Waals surface area contributed by atoms with Gasteiger partial charge in [0.1, 0.15) is 35.1 Å². The highest BCUT2D eigenvalue weighted by atomic mass is 16.6. The Morgan fingerprint density at radius 2 is 1.93 bits per heavy atom. The van der Waals surface area contributed by atoms with E-state index in [1.54, 1.807) is 24.3 Å². The number of ether oxygens (including phenoxy) is 2. The van der Waals surface area contributed by atoms with Crippen LogP contribution in [-0.4, -0.2) is 62.1 Å². The molecule has 1 aliphatic rings. The second-order valence-electron chi connectivity index (χ2n) is 6.30. The molecule has 0 spiro atoms. The van der Waals surface area contributed by atoms with Gasteiger partial charge in [-0.2, -0.15) is 0 Å². The maximum Gasteiger partial charge on any atom is 0.333 e. The molecule has 1 aliphatic heterocycles. The minimum Gasteiger partial charge on any atom is -0.497 e. The second kappa shape index (κ2) is 6.87. The van der Waals surface area contributed by atoms with E-state index >= 15 is 0 Å². The van der Waals surface area contributed by atoms with Gasteiger partial charge in [-0.25, -0.2) is 9.36 Å². The number of benzene rings is 1. The van der Waals surface area contributed by atoms with Gasteiger partial charge in [0, 0.05) is 5.56 Å². The lowest BCUT2D eigenvalue weighted by Crippen LogP contribution is -2.38. The van der Waals surface area contributed by atoms with Gasteiger partial charge in [0.15, 0.2) is 6.23 Å². The predicted octanol–water partition coefficient (Wildman–Crippen LogP) is -1.04. The van der Waals surface area contributed by atoms with E-state index in [-0.39, 0.29) is 16.8 Å². The van der Waals surface area contributed by atoms with Gasteiger partial charge >= 0.3 is 5.69 Å². The van der Waals surface area contributed by atoms with Crippen molar-refractivity contribution in [2.45, 2.75) is 24.5 Å². The van der Waals surface area contributed by atoms with Gasteiger partial charge in [-0.3, -0.25) is 9.78 Å². The second-order valence-corrected chi connectivity index (χ2v) is 6.30. The molecule has 1 fully saturated rings. The molecule has 28 heavy (non-hydrogen) atoms. The Bertz CT molecular complexity index is 1120. The fourth-order valence-corrected chi connectivity index (χ4v) is 3.23. The number of hydrogen-bond donors (Lipinski definition) is 4. The van der Waals surface area contributed by atoms with Crippen molar-refractivity contribution in [1.82, 2.24) is 14.7 Å². The molecule has 0 bridgehead atoms. The number of methoxy groups -OCH3 is 1. The summed E-state index contributed by atoms with van der Waals surface area (Å²) in [5, 5.41) is 33.3. The average Bonchev–Trinajstić information content (AvgIpc) is 3.25. The van der Waals surface area contributed by atoms with E-state index < -0.39 is 42.4 Å². The van der Waals surface area contributed by atoms with Crippen LogP contribution in [0.15, 0.2) is 38.4 Å². The third-order valence-corrected chi connectivity index (χ3v) is 4.69. The van der Waals surface area contributed by atoms with Crippen LogP contribution in [0, 0.1) is 0 Å². The van der Waals surface area contributed by atoms with Crippen LogP contribution >= 0.6 is 0 Å². The number of H-pyrrole nitrogens is 1. The first-order valence-electron chi connectivity index (χ1n) is 8.37. The zero-order valence-corrected chi connectivity index (χ0v) is 14.6. The van der Waals surface area contributed by atoms with Crippen LogP contribution in [0.4, 0.5) is 0 Å². The lowest BCUT2D eigenvalue weighted by Gasteiger charge is -2.16. The molecule has 4 atom stereocenters. The SMILES string of the molecule is COc1ccc(-c2noc3c2c(=O)[nH]c(=O)n3[C@@H]2O[C@H](CO)[C@@H](O)[C@H]2O)cc1. The van der Waals surface area contributed by atoms with Crippen molar-refractivity contribution in [3.05, 3.63) is 45.1 Å². The van der Waals surface area contributed by atoms with Crippen molar-refractivity contribution in [2.75, 3.05) is 13.7 Å². The van der Waals surface area contributed by atoms with E-state index in [9.17, 15) is 24.9 Å². The molecule has 11 nitrogen and oxygen atoms in total. The van der Waals surface area contributed by atoms with Crippen LogP contribution in [0.2, 0.25) is 0 Å². The lowest BCUT2D eigenvalue weighted by molar-refractivity contribution is -0.0541. The van der Waals surface area contributed by atoms with Gasteiger partial charge in [0.25, 0.3) is 11.3 Å². The van der Waals surface area contributed by atoms with Crippen LogP contribution in [0.25, 0.3) is 22.4 Å². The van der Waals surface area contributed by atoms with E-state index in [1.165, 1.54) is 7.11 Å². The average molecular weight is 391 g/mol. The molecular formula is C17H17N3O8. The molecule has 3 aromatic rings. The largest absolute Gasteiger partial charge is 0.497 e. The molecule has 1 saturated heterocycles. The van der Waals surface area contributed by atoms with E-state index in [0.717, 1.165) is 4.57 Å². The van der Waals surface area contributed by atoms with E-state index in [0.29, 0.717) is 11.3 Å². The van der Waals surface area contributed by atoms with Crippen molar-refractivity contribution in [1.29, 1.82) is 0 Å². The van der Waals surface area contributed by atoms with Crippen LogP contribution in [0.5, 0.6) is 5.75 Å². The first-order valence-corrected chi connectivity index (χ1v) is 8.37.